The first-order valence-corrected chi connectivity index (χ1v) is 5.06. The van der Waals surface area contributed by atoms with Crippen LogP contribution in [0.25, 0.3) is 0 Å². The zero-order valence-electron chi connectivity index (χ0n) is 9.27. The van der Waals surface area contributed by atoms with Crippen molar-refractivity contribution in [2.45, 2.75) is 57.9 Å². The SMILES string of the molecule is CO[C@H](C)O[C@H]1[C@H](C)O[C@H](C)C[C@@H]1O. The molecule has 0 amide bonds. The Labute approximate surface area is 85.2 Å². The third-order valence-corrected chi connectivity index (χ3v) is 2.54. The van der Waals surface area contributed by atoms with Gasteiger partial charge in [-0.05, 0) is 20.8 Å². The van der Waals surface area contributed by atoms with Crippen molar-refractivity contribution >= 4 is 0 Å². The summed E-state index contributed by atoms with van der Waals surface area (Å²) in [7, 11) is 1.58. The van der Waals surface area contributed by atoms with Crippen molar-refractivity contribution in [2.75, 3.05) is 7.11 Å². The molecule has 1 N–H and O–H groups in total. The molecule has 1 aliphatic heterocycles. The average Bonchev–Trinajstić information content (AvgIpc) is 2.10. The molecule has 0 saturated carbocycles. The lowest BCUT2D eigenvalue weighted by atomic mass is 9.99. The molecule has 4 nitrogen and oxygen atoms in total. The van der Waals surface area contributed by atoms with Gasteiger partial charge < -0.3 is 19.3 Å². The Bertz CT molecular complexity index is 162. The Morgan fingerprint density at radius 2 is 2.07 bits per heavy atom. The fraction of sp³-hybridized carbons (Fsp3) is 1.00. The molecule has 0 aliphatic carbocycles. The second-order valence-electron chi connectivity index (χ2n) is 3.86. The fourth-order valence-corrected chi connectivity index (χ4v) is 1.76. The molecule has 0 radical (unpaired) electrons. The van der Waals surface area contributed by atoms with Crippen LogP contribution in [0.2, 0.25) is 0 Å². The van der Waals surface area contributed by atoms with E-state index in [1.165, 1.54) is 0 Å². The molecular weight excluding hydrogens is 184 g/mol. The third-order valence-electron chi connectivity index (χ3n) is 2.54. The van der Waals surface area contributed by atoms with E-state index in [-0.39, 0.29) is 24.6 Å². The average molecular weight is 204 g/mol. The van der Waals surface area contributed by atoms with E-state index in [0.29, 0.717) is 6.42 Å². The second kappa shape index (κ2) is 5.07. The van der Waals surface area contributed by atoms with E-state index in [1.807, 2.05) is 13.8 Å². The number of rotatable bonds is 3. The number of methoxy groups -OCH3 is 1. The lowest BCUT2D eigenvalue weighted by Crippen LogP contribution is -2.48. The van der Waals surface area contributed by atoms with Crippen molar-refractivity contribution in [1.82, 2.24) is 0 Å². The number of aliphatic hydroxyl groups is 1. The van der Waals surface area contributed by atoms with E-state index >= 15 is 0 Å². The Morgan fingerprint density at radius 1 is 1.43 bits per heavy atom. The molecule has 0 aromatic rings. The molecule has 1 saturated heterocycles. The van der Waals surface area contributed by atoms with Crippen molar-refractivity contribution in [1.29, 1.82) is 0 Å². The van der Waals surface area contributed by atoms with Gasteiger partial charge >= 0.3 is 0 Å². The molecule has 1 fully saturated rings. The summed E-state index contributed by atoms with van der Waals surface area (Å²) in [5.74, 6) is 0. The van der Waals surface area contributed by atoms with E-state index in [2.05, 4.69) is 0 Å². The van der Waals surface area contributed by atoms with Gasteiger partial charge in [-0.2, -0.15) is 0 Å². The Hall–Kier alpha value is -0.160. The molecule has 0 bridgehead atoms. The summed E-state index contributed by atoms with van der Waals surface area (Å²) in [6, 6.07) is 0. The molecule has 84 valence electrons. The lowest BCUT2D eigenvalue weighted by Gasteiger charge is -2.37. The van der Waals surface area contributed by atoms with Crippen molar-refractivity contribution < 1.29 is 19.3 Å². The Morgan fingerprint density at radius 3 is 2.57 bits per heavy atom. The summed E-state index contributed by atoms with van der Waals surface area (Å²) in [5.41, 5.74) is 0. The van der Waals surface area contributed by atoms with Gasteiger partial charge in [-0.25, -0.2) is 0 Å². The van der Waals surface area contributed by atoms with Gasteiger partial charge in [-0.1, -0.05) is 0 Å². The zero-order valence-corrected chi connectivity index (χ0v) is 9.27. The molecule has 0 aromatic heterocycles. The first-order valence-electron chi connectivity index (χ1n) is 5.06. The van der Waals surface area contributed by atoms with Gasteiger partial charge in [0, 0.05) is 13.5 Å². The van der Waals surface area contributed by atoms with Crippen LogP contribution in [0.15, 0.2) is 0 Å². The predicted molar refractivity (Wildman–Crippen MR) is 52.0 cm³/mol. The van der Waals surface area contributed by atoms with Gasteiger partial charge in [0.1, 0.15) is 6.10 Å². The number of ether oxygens (including phenoxy) is 3. The highest BCUT2D eigenvalue weighted by Crippen LogP contribution is 2.23. The Kier molecular flexibility index (Phi) is 4.31. The summed E-state index contributed by atoms with van der Waals surface area (Å²) in [5, 5.41) is 9.79. The molecular formula is C10H20O4. The minimum absolute atomic E-state index is 0.0913. The van der Waals surface area contributed by atoms with Gasteiger partial charge in [0.15, 0.2) is 6.29 Å². The topological polar surface area (TPSA) is 47.9 Å². The van der Waals surface area contributed by atoms with Crippen molar-refractivity contribution in [3.05, 3.63) is 0 Å². The van der Waals surface area contributed by atoms with Crippen LogP contribution in [0.5, 0.6) is 0 Å². The van der Waals surface area contributed by atoms with E-state index < -0.39 is 6.10 Å². The number of aliphatic hydroxyl groups excluding tert-OH is 1. The highest BCUT2D eigenvalue weighted by atomic mass is 16.7. The van der Waals surface area contributed by atoms with E-state index in [1.54, 1.807) is 14.0 Å². The number of hydrogen-bond acceptors (Lipinski definition) is 4. The summed E-state index contributed by atoms with van der Waals surface area (Å²) in [6.45, 7) is 5.67. The minimum atomic E-state index is -0.466. The molecule has 1 aliphatic rings. The monoisotopic (exact) mass is 204 g/mol. The second-order valence-corrected chi connectivity index (χ2v) is 3.86. The molecule has 0 aromatic carbocycles. The van der Waals surface area contributed by atoms with Gasteiger partial charge in [0.25, 0.3) is 0 Å². The third kappa shape index (κ3) is 2.92. The van der Waals surface area contributed by atoms with E-state index in [0.717, 1.165) is 0 Å². The Balaban J connectivity index is 2.49. The van der Waals surface area contributed by atoms with Crippen LogP contribution >= 0.6 is 0 Å². The molecule has 0 spiro atoms. The maximum Gasteiger partial charge on any atom is 0.155 e. The van der Waals surface area contributed by atoms with Gasteiger partial charge in [0.2, 0.25) is 0 Å². The van der Waals surface area contributed by atoms with E-state index in [9.17, 15) is 5.11 Å². The molecule has 4 heteroatoms. The zero-order chi connectivity index (χ0) is 10.7. The lowest BCUT2D eigenvalue weighted by molar-refractivity contribution is -0.234. The highest BCUT2D eigenvalue weighted by Gasteiger charge is 2.35. The molecule has 14 heavy (non-hydrogen) atoms. The van der Waals surface area contributed by atoms with Gasteiger partial charge in [0.05, 0.1) is 18.3 Å². The first kappa shape index (κ1) is 11.9. The van der Waals surface area contributed by atoms with Crippen LogP contribution in [-0.2, 0) is 14.2 Å². The summed E-state index contributed by atoms with van der Waals surface area (Å²) >= 11 is 0. The van der Waals surface area contributed by atoms with Crippen LogP contribution in [0, 0.1) is 0 Å². The summed E-state index contributed by atoms with van der Waals surface area (Å²) in [6.07, 6.45) is -0.448. The fourth-order valence-electron chi connectivity index (χ4n) is 1.76. The molecule has 5 atom stereocenters. The smallest absolute Gasteiger partial charge is 0.155 e. The van der Waals surface area contributed by atoms with Gasteiger partial charge in [-0.15, -0.1) is 0 Å². The maximum atomic E-state index is 9.79. The molecule has 1 heterocycles. The highest BCUT2D eigenvalue weighted by molar-refractivity contribution is 4.83. The predicted octanol–water partition coefficient (Wildman–Crippen LogP) is 0.922. The molecule has 1 rings (SSSR count). The number of hydrogen-bond donors (Lipinski definition) is 1. The maximum absolute atomic E-state index is 9.79. The first-order chi connectivity index (χ1) is 6.54. The summed E-state index contributed by atoms with van der Waals surface area (Å²) in [4.78, 5) is 0. The largest absolute Gasteiger partial charge is 0.390 e. The van der Waals surface area contributed by atoms with Crippen molar-refractivity contribution in [3.8, 4) is 0 Å². The van der Waals surface area contributed by atoms with Crippen LogP contribution in [0.1, 0.15) is 27.2 Å². The standard InChI is InChI=1S/C10H20O4/c1-6-5-9(11)10(7(2)13-6)14-8(3)12-4/h6-11H,5H2,1-4H3/t6-,7+,8+,9+,10+/m1/s1. The van der Waals surface area contributed by atoms with E-state index in [4.69, 9.17) is 14.2 Å². The van der Waals surface area contributed by atoms with Crippen LogP contribution < -0.4 is 0 Å². The van der Waals surface area contributed by atoms with Crippen LogP contribution in [0.3, 0.4) is 0 Å². The van der Waals surface area contributed by atoms with Crippen molar-refractivity contribution in [2.24, 2.45) is 0 Å². The van der Waals surface area contributed by atoms with Crippen molar-refractivity contribution in [3.63, 3.8) is 0 Å². The van der Waals surface area contributed by atoms with Crippen LogP contribution in [0.4, 0.5) is 0 Å². The minimum Gasteiger partial charge on any atom is -0.390 e. The van der Waals surface area contributed by atoms with Gasteiger partial charge in [-0.3, -0.25) is 0 Å². The quantitative estimate of drug-likeness (QED) is 0.694. The van der Waals surface area contributed by atoms with Crippen LogP contribution in [-0.4, -0.2) is 42.9 Å². The summed E-state index contributed by atoms with van der Waals surface area (Å²) < 4.78 is 16.1. The normalized spacial score (nSPS) is 40.9. The molecule has 0 unspecified atom stereocenters.